The van der Waals surface area contributed by atoms with Gasteiger partial charge >= 0.3 is 6.18 Å². The average Bonchev–Trinajstić information content (AvgIpc) is 2.92. The van der Waals surface area contributed by atoms with Gasteiger partial charge in [-0.15, -0.1) is 5.10 Å². The van der Waals surface area contributed by atoms with Crippen LogP contribution in [-0.2, 0) is 4.79 Å². The first kappa shape index (κ1) is 16.9. The molecule has 0 N–H and O–H groups in total. The molecule has 10 heteroatoms. The van der Waals surface area contributed by atoms with Gasteiger partial charge in [0.2, 0.25) is 0 Å². The highest BCUT2D eigenvalue weighted by Crippen LogP contribution is 2.27. The summed E-state index contributed by atoms with van der Waals surface area (Å²) in [6.45, 7) is 0. The largest absolute Gasteiger partial charge is 0.455 e. The number of hydrogen-bond acceptors (Lipinski definition) is 5. The Morgan fingerprint density at radius 3 is 2.39 bits per heavy atom. The minimum atomic E-state index is -5.04. The van der Waals surface area contributed by atoms with E-state index in [1.807, 2.05) is 0 Å². The van der Waals surface area contributed by atoms with Crippen LogP contribution in [0.4, 0.5) is 13.2 Å². The Hall–Kier alpha value is -2.42. The number of Topliss-reactive ketones (excluding diaryl/α,β-unsaturated/α-hetero) is 1. The third-order valence-electron chi connectivity index (χ3n) is 2.67. The molecule has 0 atom stereocenters. The predicted molar refractivity (Wildman–Crippen MR) is 76.9 cm³/mol. The summed E-state index contributed by atoms with van der Waals surface area (Å²) in [6.07, 6.45) is -4.02. The van der Waals surface area contributed by atoms with Crippen LogP contribution < -0.4 is 0 Å². The summed E-state index contributed by atoms with van der Waals surface area (Å²) in [5, 5.41) is 11.0. The SMILES string of the molecule is CN(C)/C=C(/C(=O)C(F)(F)F)c1nnnn1-c1ccc(Cl)cc1. The molecule has 0 unspecified atom stereocenters. The zero-order chi connectivity index (χ0) is 17.2. The van der Waals surface area contributed by atoms with Gasteiger partial charge in [0.15, 0.2) is 5.82 Å². The van der Waals surface area contributed by atoms with Gasteiger partial charge < -0.3 is 4.90 Å². The summed E-state index contributed by atoms with van der Waals surface area (Å²) in [5.74, 6) is -2.35. The molecule has 1 aromatic heterocycles. The van der Waals surface area contributed by atoms with Crippen molar-refractivity contribution in [3.63, 3.8) is 0 Å². The van der Waals surface area contributed by atoms with E-state index < -0.39 is 17.5 Å². The quantitative estimate of drug-likeness (QED) is 0.796. The molecule has 0 spiro atoms. The van der Waals surface area contributed by atoms with Crippen molar-refractivity contribution in [2.75, 3.05) is 14.1 Å². The number of aromatic nitrogens is 4. The molecule has 1 aromatic carbocycles. The van der Waals surface area contributed by atoms with Crippen LogP contribution in [0.3, 0.4) is 0 Å². The summed E-state index contributed by atoms with van der Waals surface area (Å²) in [7, 11) is 2.97. The van der Waals surface area contributed by atoms with Crippen molar-refractivity contribution in [1.82, 2.24) is 25.1 Å². The van der Waals surface area contributed by atoms with E-state index in [1.54, 1.807) is 0 Å². The molecule has 0 radical (unpaired) electrons. The summed E-state index contributed by atoms with van der Waals surface area (Å²) in [4.78, 5) is 13.0. The van der Waals surface area contributed by atoms with Crippen molar-refractivity contribution in [3.8, 4) is 5.69 Å². The van der Waals surface area contributed by atoms with E-state index in [0.717, 1.165) is 10.9 Å². The minimum Gasteiger partial charge on any atom is -0.383 e. The lowest BCUT2D eigenvalue weighted by atomic mass is 10.1. The summed E-state index contributed by atoms with van der Waals surface area (Å²) in [5.41, 5.74) is -0.295. The zero-order valence-corrected chi connectivity index (χ0v) is 12.8. The van der Waals surface area contributed by atoms with Crippen LogP contribution in [0.2, 0.25) is 5.02 Å². The first-order valence-electron chi connectivity index (χ1n) is 6.24. The van der Waals surface area contributed by atoms with Crippen LogP contribution in [0.5, 0.6) is 0 Å². The molecule has 122 valence electrons. The third-order valence-corrected chi connectivity index (χ3v) is 2.92. The van der Waals surface area contributed by atoms with Gasteiger partial charge in [0, 0.05) is 25.3 Å². The van der Waals surface area contributed by atoms with Crippen LogP contribution in [0, 0.1) is 0 Å². The molecule has 0 aliphatic rings. The fraction of sp³-hybridized carbons (Fsp3) is 0.231. The van der Waals surface area contributed by atoms with Crippen LogP contribution in [0.15, 0.2) is 30.5 Å². The molecular formula is C13H11ClF3N5O. The zero-order valence-electron chi connectivity index (χ0n) is 12.0. The van der Waals surface area contributed by atoms with Crippen LogP contribution >= 0.6 is 11.6 Å². The summed E-state index contributed by atoms with van der Waals surface area (Å²) < 4.78 is 39.5. The number of carbonyl (C=O) groups is 1. The second-order valence-electron chi connectivity index (χ2n) is 4.72. The highest BCUT2D eigenvalue weighted by molar-refractivity contribution is 6.30. The second-order valence-corrected chi connectivity index (χ2v) is 5.16. The number of halogens is 4. The van der Waals surface area contributed by atoms with Crippen molar-refractivity contribution < 1.29 is 18.0 Å². The monoisotopic (exact) mass is 345 g/mol. The van der Waals surface area contributed by atoms with Gasteiger partial charge in [-0.3, -0.25) is 4.79 Å². The van der Waals surface area contributed by atoms with Crippen molar-refractivity contribution in [3.05, 3.63) is 41.3 Å². The molecular weight excluding hydrogens is 335 g/mol. The maximum Gasteiger partial charge on any atom is 0.455 e. The highest BCUT2D eigenvalue weighted by Gasteiger charge is 2.43. The molecule has 2 aromatic rings. The Bertz CT molecular complexity index is 737. The van der Waals surface area contributed by atoms with Crippen molar-refractivity contribution in [1.29, 1.82) is 0 Å². The molecule has 23 heavy (non-hydrogen) atoms. The Morgan fingerprint density at radius 1 is 1.26 bits per heavy atom. The van der Waals surface area contributed by atoms with E-state index in [9.17, 15) is 18.0 Å². The lowest BCUT2D eigenvalue weighted by molar-refractivity contribution is -0.164. The second kappa shape index (κ2) is 6.37. The number of ketones is 1. The van der Waals surface area contributed by atoms with Crippen LogP contribution in [0.25, 0.3) is 11.3 Å². The molecule has 0 bridgehead atoms. The van der Waals surface area contributed by atoms with Crippen LogP contribution in [0.1, 0.15) is 5.82 Å². The van der Waals surface area contributed by atoms with Crippen molar-refractivity contribution in [2.45, 2.75) is 6.18 Å². The summed E-state index contributed by atoms with van der Waals surface area (Å²) >= 11 is 5.77. The van der Waals surface area contributed by atoms with E-state index in [4.69, 9.17) is 11.6 Å². The Morgan fingerprint density at radius 2 is 1.87 bits per heavy atom. The van der Waals surface area contributed by atoms with E-state index in [1.165, 1.54) is 43.3 Å². The Labute approximate surface area is 134 Å². The molecule has 2 rings (SSSR count). The lowest BCUT2D eigenvalue weighted by Crippen LogP contribution is -2.26. The number of tetrazole rings is 1. The maximum atomic E-state index is 12.8. The number of allylic oxidation sites excluding steroid dienone is 1. The fourth-order valence-corrected chi connectivity index (χ4v) is 1.87. The van der Waals surface area contributed by atoms with E-state index in [-0.39, 0.29) is 5.82 Å². The molecule has 0 aliphatic carbocycles. The van der Waals surface area contributed by atoms with E-state index >= 15 is 0 Å². The minimum absolute atomic E-state index is 0.316. The van der Waals surface area contributed by atoms with Gasteiger partial charge in [-0.1, -0.05) is 11.6 Å². The van der Waals surface area contributed by atoms with Crippen LogP contribution in [-0.4, -0.2) is 51.2 Å². The smallest absolute Gasteiger partial charge is 0.383 e. The number of hydrogen-bond donors (Lipinski definition) is 0. The third kappa shape index (κ3) is 3.86. The lowest BCUT2D eigenvalue weighted by Gasteiger charge is -2.13. The van der Waals surface area contributed by atoms with Gasteiger partial charge in [0.05, 0.1) is 11.3 Å². The van der Waals surface area contributed by atoms with Crippen molar-refractivity contribution in [2.24, 2.45) is 0 Å². The van der Waals surface area contributed by atoms with E-state index in [0.29, 0.717) is 10.7 Å². The topological polar surface area (TPSA) is 63.9 Å². The normalized spacial score (nSPS) is 12.3. The van der Waals surface area contributed by atoms with Crippen molar-refractivity contribution >= 4 is 23.0 Å². The number of carbonyl (C=O) groups excluding carboxylic acids is 1. The molecule has 6 nitrogen and oxygen atoms in total. The molecule has 0 fully saturated rings. The summed E-state index contributed by atoms with van der Waals surface area (Å²) in [6, 6.07) is 6.10. The molecule has 0 amide bonds. The van der Waals surface area contributed by atoms with E-state index in [2.05, 4.69) is 15.5 Å². The Kier molecular flexibility index (Phi) is 4.69. The average molecular weight is 346 g/mol. The first-order valence-corrected chi connectivity index (χ1v) is 6.62. The highest BCUT2D eigenvalue weighted by atomic mass is 35.5. The number of benzene rings is 1. The first-order chi connectivity index (χ1) is 10.7. The molecule has 0 saturated heterocycles. The van der Waals surface area contributed by atoms with Gasteiger partial charge in [-0.25, -0.2) is 0 Å². The standard InChI is InChI=1S/C13H11ClF3N5O/c1-21(2)7-10(11(23)13(15,16)17)12-18-19-20-22(12)9-5-3-8(14)4-6-9/h3-7H,1-2H3/b10-7-. The number of nitrogens with zero attached hydrogens (tertiary/aromatic N) is 5. The number of rotatable bonds is 4. The number of alkyl halides is 3. The predicted octanol–water partition coefficient (Wildman–Crippen LogP) is 2.35. The van der Waals surface area contributed by atoms with Gasteiger partial charge in [0.25, 0.3) is 5.78 Å². The van der Waals surface area contributed by atoms with Gasteiger partial charge in [0.1, 0.15) is 0 Å². The maximum absolute atomic E-state index is 12.8. The fourth-order valence-electron chi connectivity index (χ4n) is 1.74. The molecule has 1 heterocycles. The molecule has 0 aliphatic heterocycles. The Balaban J connectivity index is 2.56. The van der Waals surface area contributed by atoms with Gasteiger partial charge in [-0.05, 0) is 34.7 Å². The van der Waals surface area contributed by atoms with Gasteiger partial charge in [-0.2, -0.15) is 17.9 Å². The molecule has 0 saturated carbocycles.